The Morgan fingerprint density at radius 2 is 1.74 bits per heavy atom. The molecule has 0 aromatic heterocycles. The van der Waals surface area contributed by atoms with Gasteiger partial charge in [-0.3, -0.25) is 19.7 Å². The number of carbonyl (C=O) groups is 5. The fourth-order valence-corrected chi connectivity index (χ4v) is 6.63. The molecule has 210 valence electrons. The third-order valence-corrected chi connectivity index (χ3v) is 9.11. The van der Waals surface area contributed by atoms with E-state index in [0.29, 0.717) is 11.3 Å². The molecule has 2 aliphatic rings. The van der Waals surface area contributed by atoms with Gasteiger partial charge in [0.1, 0.15) is 11.1 Å². The lowest BCUT2D eigenvalue weighted by Crippen LogP contribution is -2.58. The molecule has 1 aromatic carbocycles. The van der Waals surface area contributed by atoms with Crippen molar-refractivity contribution in [3.63, 3.8) is 0 Å². The first-order chi connectivity index (χ1) is 18.0. The van der Waals surface area contributed by atoms with Crippen molar-refractivity contribution < 1.29 is 42.2 Å². The zero-order valence-electron chi connectivity index (χ0n) is 22.0. The quantitative estimate of drug-likeness (QED) is 0.338. The average molecular weight is 580 g/mol. The topological polar surface area (TPSA) is 167 Å². The molecule has 1 aliphatic carbocycles. The molecular formula is C25H29N3O9S2. The Morgan fingerprint density at radius 3 is 2.23 bits per heavy atom. The lowest BCUT2D eigenvalue weighted by atomic mass is 9.94. The van der Waals surface area contributed by atoms with Gasteiger partial charge in [0.25, 0.3) is 15.9 Å². The first kappa shape index (κ1) is 30.1. The highest BCUT2D eigenvalue weighted by Gasteiger charge is 2.50. The molecule has 0 saturated carbocycles. The molecule has 39 heavy (non-hydrogen) atoms. The van der Waals surface area contributed by atoms with Gasteiger partial charge in [0.15, 0.2) is 5.78 Å². The molecule has 1 heterocycles. The van der Waals surface area contributed by atoms with E-state index >= 15 is 0 Å². The Bertz CT molecular complexity index is 1380. The van der Waals surface area contributed by atoms with Crippen LogP contribution in [0.1, 0.15) is 25.8 Å². The maximum atomic E-state index is 13.7. The van der Waals surface area contributed by atoms with Crippen molar-refractivity contribution in [3.8, 4) is 0 Å². The highest BCUT2D eigenvalue weighted by molar-refractivity contribution is 8.01. The van der Waals surface area contributed by atoms with Gasteiger partial charge >= 0.3 is 12.1 Å². The Labute approximate surface area is 230 Å². The summed E-state index contributed by atoms with van der Waals surface area (Å²) in [5, 5.41) is 11.9. The number of benzene rings is 1. The maximum absolute atomic E-state index is 13.7. The number of rotatable bonds is 8. The zero-order chi connectivity index (χ0) is 29.3. The summed E-state index contributed by atoms with van der Waals surface area (Å²) in [6.07, 6.45) is 0.781. The van der Waals surface area contributed by atoms with Gasteiger partial charge in [-0.05, 0) is 45.1 Å². The van der Waals surface area contributed by atoms with E-state index in [1.54, 1.807) is 20.8 Å². The summed E-state index contributed by atoms with van der Waals surface area (Å²) in [7, 11) is -2.02. The number of sulfonamides is 1. The normalized spacial score (nSPS) is 19.4. The van der Waals surface area contributed by atoms with Crippen LogP contribution in [0.4, 0.5) is 4.79 Å². The molecule has 2 amide bonds. The summed E-state index contributed by atoms with van der Waals surface area (Å²) in [6.45, 7) is 5.28. The van der Waals surface area contributed by atoms with Gasteiger partial charge in [-0.25, -0.2) is 22.3 Å². The highest BCUT2D eigenvalue weighted by Crippen LogP contribution is 2.31. The zero-order valence-corrected chi connectivity index (χ0v) is 23.6. The number of ether oxygens (including phenoxy) is 1. The Kier molecular flexibility index (Phi) is 8.72. The fraction of sp³-hybridized carbons (Fsp3) is 0.400. The summed E-state index contributed by atoms with van der Waals surface area (Å²) in [5.74, 6) is -5.06. The number of carboxylic acid groups (broad SMARTS) is 1. The number of carbonyl (C=O) groups excluding carboxylic acids is 4. The molecule has 0 unspecified atom stereocenters. The number of nitrogens with one attached hydrogen (secondary N) is 1. The van der Waals surface area contributed by atoms with Gasteiger partial charge in [0.2, 0.25) is 11.8 Å². The SMILES string of the molecule is Cc1ccc(S(=O)(=O)N(C(=O)[C@H]2NC(C)(C)CS2)[C@H](C(=O)O)C(=O)C2=CC=C(OC(=O)N(C)C)CC2=O)cc1. The average Bonchev–Trinajstić information content (AvgIpc) is 3.21. The van der Waals surface area contributed by atoms with Gasteiger partial charge in [-0.15, -0.1) is 11.8 Å². The summed E-state index contributed by atoms with van der Waals surface area (Å²) in [4.78, 5) is 64.9. The standard InChI is InChI=1S/C25H29N3O9S2/c1-14-6-9-16(10-7-14)39(35,36)28(22(31)21-26-25(2,3)13-38-21)19(23(32)33)20(30)17-11-8-15(12-18(17)29)37-24(34)27(4)5/h6-11,19,21,26H,12-13H2,1-5H3,(H,32,33)/t19-,21-/m0/s1. The number of ketones is 2. The number of amides is 2. The van der Waals surface area contributed by atoms with Crippen LogP contribution < -0.4 is 5.32 Å². The third-order valence-electron chi connectivity index (χ3n) is 5.79. The van der Waals surface area contributed by atoms with Crippen molar-refractivity contribution in [2.24, 2.45) is 0 Å². The van der Waals surface area contributed by atoms with Crippen LogP contribution in [0.15, 0.2) is 52.6 Å². The van der Waals surface area contributed by atoms with Gasteiger partial charge in [0, 0.05) is 25.4 Å². The van der Waals surface area contributed by atoms with Crippen LogP contribution in [0.3, 0.4) is 0 Å². The molecule has 12 nitrogen and oxygen atoms in total. The molecule has 1 saturated heterocycles. The molecule has 1 fully saturated rings. The number of nitrogens with zero attached hydrogens (tertiary/aromatic N) is 2. The first-order valence-corrected chi connectivity index (χ1v) is 14.2. The highest BCUT2D eigenvalue weighted by atomic mass is 32.2. The molecule has 0 radical (unpaired) electrons. The van der Waals surface area contributed by atoms with E-state index in [1.807, 2.05) is 0 Å². The van der Waals surface area contributed by atoms with Crippen molar-refractivity contribution in [2.75, 3.05) is 19.8 Å². The lowest BCUT2D eigenvalue weighted by molar-refractivity contribution is -0.149. The predicted octanol–water partition coefficient (Wildman–Crippen LogP) is 1.46. The van der Waals surface area contributed by atoms with Gasteiger partial charge < -0.3 is 14.7 Å². The molecule has 1 aromatic rings. The van der Waals surface area contributed by atoms with Crippen molar-refractivity contribution in [1.29, 1.82) is 0 Å². The fourth-order valence-electron chi connectivity index (χ4n) is 3.73. The van der Waals surface area contributed by atoms with Crippen LogP contribution in [0.2, 0.25) is 0 Å². The van der Waals surface area contributed by atoms with Gasteiger partial charge in [-0.2, -0.15) is 0 Å². The van der Waals surface area contributed by atoms with E-state index in [9.17, 15) is 37.5 Å². The number of allylic oxidation sites excluding steroid dienone is 3. The molecule has 2 atom stereocenters. The number of hydrogen-bond acceptors (Lipinski definition) is 10. The number of aliphatic carboxylic acids is 1. The molecule has 3 rings (SSSR count). The minimum Gasteiger partial charge on any atom is -0.479 e. The predicted molar refractivity (Wildman–Crippen MR) is 141 cm³/mol. The number of hydrogen-bond donors (Lipinski definition) is 2. The Morgan fingerprint density at radius 1 is 1.13 bits per heavy atom. The van der Waals surface area contributed by atoms with E-state index in [2.05, 4.69) is 5.32 Å². The number of Topliss-reactive ketones (excluding diaryl/α,β-unsaturated/α-hetero) is 2. The second-order valence-corrected chi connectivity index (χ2v) is 12.8. The first-order valence-electron chi connectivity index (χ1n) is 11.7. The summed E-state index contributed by atoms with van der Waals surface area (Å²) in [5.41, 5.74) is -0.501. The Balaban J connectivity index is 2.08. The summed E-state index contributed by atoms with van der Waals surface area (Å²) >= 11 is 1.07. The van der Waals surface area contributed by atoms with E-state index < -0.39 is 73.4 Å². The summed E-state index contributed by atoms with van der Waals surface area (Å²) in [6, 6.07) is 2.77. The van der Waals surface area contributed by atoms with Crippen molar-refractivity contribution >= 4 is 51.3 Å². The minimum absolute atomic E-state index is 0.0494. The van der Waals surface area contributed by atoms with Crippen molar-refractivity contribution in [3.05, 3.63) is 53.3 Å². The largest absolute Gasteiger partial charge is 0.479 e. The van der Waals surface area contributed by atoms with Crippen LogP contribution in [0, 0.1) is 6.92 Å². The molecule has 2 N–H and O–H groups in total. The van der Waals surface area contributed by atoms with Crippen LogP contribution in [0.5, 0.6) is 0 Å². The van der Waals surface area contributed by atoms with Crippen molar-refractivity contribution in [1.82, 2.24) is 14.5 Å². The molecule has 14 heteroatoms. The van der Waals surface area contributed by atoms with Gasteiger partial charge in [0.05, 0.1) is 16.9 Å². The third kappa shape index (κ3) is 6.57. The molecule has 0 spiro atoms. The van der Waals surface area contributed by atoms with E-state index in [0.717, 1.165) is 28.8 Å². The molecule has 0 bridgehead atoms. The Hall–Kier alpha value is -3.49. The van der Waals surface area contributed by atoms with Crippen LogP contribution >= 0.6 is 11.8 Å². The van der Waals surface area contributed by atoms with Crippen LogP contribution in [-0.4, -0.2) is 89.1 Å². The van der Waals surface area contributed by atoms with Gasteiger partial charge in [-0.1, -0.05) is 17.7 Å². The number of carboxylic acids is 1. The second kappa shape index (κ2) is 11.3. The lowest BCUT2D eigenvalue weighted by Gasteiger charge is -2.30. The molecule has 1 aliphatic heterocycles. The smallest absolute Gasteiger partial charge is 0.414 e. The van der Waals surface area contributed by atoms with Crippen LogP contribution in [-0.2, 0) is 33.9 Å². The maximum Gasteiger partial charge on any atom is 0.414 e. The van der Waals surface area contributed by atoms with Crippen molar-refractivity contribution in [2.45, 2.75) is 49.0 Å². The number of aryl methyl sites for hydroxylation is 1. The monoisotopic (exact) mass is 579 g/mol. The van der Waals surface area contributed by atoms with E-state index in [1.165, 1.54) is 38.4 Å². The number of thioether (sulfide) groups is 1. The minimum atomic E-state index is -4.87. The molecular weight excluding hydrogens is 550 g/mol. The second-order valence-electron chi connectivity index (χ2n) is 9.85. The summed E-state index contributed by atoms with van der Waals surface area (Å²) < 4.78 is 32.5. The van der Waals surface area contributed by atoms with E-state index in [-0.39, 0.29) is 10.1 Å². The van der Waals surface area contributed by atoms with E-state index in [4.69, 9.17) is 4.74 Å². The van der Waals surface area contributed by atoms with Crippen LogP contribution in [0.25, 0.3) is 0 Å².